The van der Waals surface area contributed by atoms with E-state index >= 15 is 0 Å². The van der Waals surface area contributed by atoms with Crippen molar-refractivity contribution in [3.05, 3.63) is 29.8 Å². The Hall–Kier alpha value is -2.46. The van der Waals surface area contributed by atoms with Crippen molar-refractivity contribution in [1.82, 2.24) is 10.0 Å². The third-order valence-corrected chi connectivity index (χ3v) is 5.62. The topological polar surface area (TPSA) is 123 Å². The summed E-state index contributed by atoms with van der Waals surface area (Å²) < 4.78 is 36.7. The van der Waals surface area contributed by atoms with Gasteiger partial charge in [0.2, 0.25) is 0 Å². The molecule has 146 valence electrons. The van der Waals surface area contributed by atoms with E-state index < -0.39 is 34.5 Å². The first-order chi connectivity index (χ1) is 12.9. The number of hydrogen-bond acceptors (Lipinski definition) is 7. The Morgan fingerprint density at radius 1 is 1.41 bits per heavy atom. The van der Waals surface area contributed by atoms with Crippen molar-refractivity contribution in [3.63, 3.8) is 0 Å². The number of amides is 1. The molecule has 2 atom stereocenters. The monoisotopic (exact) mass is 395 g/mol. The largest absolute Gasteiger partial charge is 0.454 e. The summed E-state index contributed by atoms with van der Waals surface area (Å²) in [4.78, 5) is 28.0. The molecule has 0 aromatic heterocycles. The Balaban J connectivity index is 1.53. The van der Waals surface area contributed by atoms with Crippen LogP contribution in [-0.4, -0.2) is 58.0 Å². The molecule has 0 spiro atoms. The van der Waals surface area contributed by atoms with E-state index in [2.05, 4.69) is 15.0 Å². The van der Waals surface area contributed by atoms with Crippen LogP contribution in [0.1, 0.15) is 25.3 Å². The van der Waals surface area contributed by atoms with Crippen LogP contribution in [0.2, 0.25) is 0 Å². The molecule has 2 aliphatic rings. The van der Waals surface area contributed by atoms with Crippen LogP contribution >= 0.6 is 0 Å². The number of benzene rings is 1. The number of ether oxygens (including phenoxy) is 2. The van der Waals surface area contributed by atoms with Gasteiger partial charge in [-0.2, -0.15) is 0 Å². The van der Waals surface area contributed by atoms with Crippen LogP contribution < -0.4 is 10.0 Å². The average Bonchev–Trinajstić information content (AvgIpc) is 3.25. The first kappa shape index (κ1) is 19.3. The van der Waals surface area contributed by atoms with Crippen molar-refractivity contribution < 1.29 is 27.5 Å². The van der Waals surface area contributed by atoms with Crippen LogP contribution in [-0.2, 0) is 29.1 Å². The van der Waals surface area contributed by atoms with Crippen molar-refractivity contribution in [3.8, 4) is 0 Å². The van der Waals surface area contributed by atoms with Crippen LogP contribution in [0.3, 0.4) is 0 Å². The smallest absolute Gasteiger partial charge is 0.331 e. The van der Waals surface area contributed by atoms with E-state index in [9.17, 15) is 18.0 Å². The molecule has 3 rings (SSSR count). The molecule has 1 aromatic carbocycles. The molecule has 0 radical (unpaired) electrons. The summed E-state index contributed by atoms with van der Waals surface area (Å²) in [5, 5.41) is 2.65. The van der Waals surface area contributed by atoms with E-state index in [0.29, 0.717) is 18.7 Å². The average molecular weight is 395 g/mol. The Morgan fingerprint density at radius 3 is 2.93 bits per heavy atom. The first-order valence-corrected chi connectivity index (χ1v) is 10.1. The van der Waals surface area contributed by atoms with Crippen LogP contribution in [0.5, 0.6) is 0 Å². The molecule has 1 amide bonds. The number of hydrogen-bond donors (Lipinski definition) is 2. The Kier molecular flexibility index (Phi) is 5.76. The lowest BCUT2D eigenvalue weighted by atomic mass is 10.2. The summed E-state index contributed by atoms with van der Waals surface area (Å²) in [5.41, 5.74) is 0.395. The van der Waals surface area contributed by atoms with Crippen molar-refractivity contribution in [1.29, 1.82) is 0 Å². The van der Waals surface area contributed by atoms with E-state index in [0.717, 1.165) is 12.8 Å². The number of sulfonamides is 1. The van der Waals surface area contributed by atoms with Gasteiger partial charge >= 0.3 is 5.97 Å². The number of fused-ring (bicyclic) bond motifs is 1. The highest BCUT2D eigenvalue weighted by Crippen LogP contribution is 2.22. The summed E-state index contributed by atoms with van der Waals surface area (Å²) >= 11 is 0. The van der Waals surface area contributed by atoms with Crippen LogP contribution in [0.15, 0.2) is 34.2 Å². The van der Waals surface area contributed by atoms with E-state index in [1.807, 2.05) is 0 Å². The Bertz CT molecular complexity index is 861. The second-order valence-electron chi connectivity index (χ2n) is 6.30. The second kappa shape index (κ2) is 8.05. The third-order valence-electron chi connectivity index (χ3n) is 4.22. The minimum absolute atomic E-state index is 0.00503. The molecule has 1 aromatic rings. The first-order valence-electron chi connectivity index (χ1n) is 8.62. The molecule has 2 N–H and O–H groups in total. The fraction of sp³-hybridized carbons (Fsp3) is 0.471. The van der Waals surface area contributed by atoms with E-state index in [1.165, 1.54) is 13.0 Å². The Labute approximate surface area is 157 Å². The molecule has 2 heterocycles. The van der Waals surface area contributed by atoms with Gasteiger partial charge in [-0.3, -0.25) is 14.5 Å². The number of nitrogens with zero attached hydrogens (tertiary/aromatic N) is 1. The predicted molar refractivity (Wildman–Crippen MR) is 95.7 cm³/mol. The highest BCUT2D eigenvalue weighted by molar-refractivity contribution is 7.90. The van der Waals surface area contributed by atoms with Crippen molar-refractivity contribution >= 4 is 27.7 Å². The number of amidine groups is 1. The van der Waals surface area contributed by atoms with Gasteiger partial charge in [0.15, 0.2) is 6.61 Å². The molecule has 0 aliphatic carbocycles. The third kappa shape index (κ3) is 4.64. The molecule has 0 saturated carbocycles. The molecule has 27 heavy (non-hydrogen) atoms. The molecule has 9 nitrogen and oxygen atoms in total. The summed E-state index contributed by atoms with van der Waals surface area (Å²) in [6.07, 6.45) is 1.87. The highest BCUT2D eigenvalue weighted by Gasteiger charge is 2.31. The molecule has 1 fully saturated rings. The van der Waals surface area contributed by atoms with E-state index in [4.69, 9.17) is 9.47 Å². The molecular formula is C17H21N3O6S. The van der Waals surface area contributed by atoms with Crippen LogP contribution in [0, 0.1) is 0 Å². The van der Waals surface area contributed by atoms with Crippen molar-refractivity contribution in [2.45, 2.75) is 36.8 Å². The van der Waals surface area contributed by atoms with Gasteiger partial charge in [-0.15, -0.1) is 0 Å². The number of carbonyl (C=O) groups is 2. The summed E-state index contributed by atoms with van der Waals surface area (Å²) in [5.74, 6) is -1.07. The fourth-order valence-corrected chi connectivity index (χ4v) is 4.06. The minimum atomic E-state index is -3.68. The van der Waals surface area contributed by atoms with Gasteiger partial charge in [-0.05, 0) is 31.9 Å². The number of nitrogens with one attached hydrogen (secondary N) is 2. The molecular weight excluding hydrogens is 374 g/mol. The van der Waals surface area contributed by atoms with Gasteiger partial charge in [-0.25, -0.2) is 13.2 Å². The Morgan fingerprint density at radius 2 is 2.19 bits per heavy atom. The zero-order chi connectivity index (χ0) is 19.4. The molecule has 10 heteroatoms. The number of esters is 1. The van der Waals surface area contributed by atoms with Crippen LogP contribution in [0.25, 0.3) is 0 Å². The zero-order valence-electron chi connectivity index (χ0n) is 14.8. The molecule has 0 bridgehead atoms. The fourth-order valence-electron chi connectivity index (χ4n) is 2.82. The minimum Gasteiger partial charge on any atom is -0.454 e. The van der Waals surface area contributed by atoms with Gasteiger partial charge in [0, 0.05) is 18.7 Å². The predicted octanol–water partition coefficient (Wildman–Crippen LogP) is -0.0480. The lowest BCUT2D eigenvalue weighted by Crippen LogP contribution is -2.36. The molecule has 1 saturated heterocycles. The SMILES string of the molecule is C[C@H](N=C1NS(=O)(=O)c2ccccc21)C(=O)OCC(=O)NC[C@H]1CCCO1. The van der Waals surface area contributed by atoms with Gasteiger partial charge in [0.1, 0.15) is 11.9 Å². The second-order valence-corrected chi connectivity index (χ2v) is 7.95. The molecule has 2 aliphatic heterocycles. The number of aliphatic imine (C=N–C) groups is 1. The normalized spacial score (nSPS) is 22.7. The van der Waals surface area contributed by atoms with E-state index in [-0.39, 0.29) is 16.8 Å². The molecule has 0 unspecified atom stereocenters. The standard InChI is InChI=1S/C17H21N3O6S/c1-11(17(22)26-10-15(21)18-9-12-5-4-8-25-12)19-16-13-6-2-3-7-14(13)27(23,24)20-16/h2-3,6-7,11-12H,4-5,8-10H2,1H3,(H,18,21)(H,19,20)/t11-,12+/m0/s1. The summed E-state index contributed by atoms with van der Waals surface area (Å²) in [6.45, 7) is 2.12. The quantitative estimate of drug-likeness (QED) is 0.651. The van der Waals surface area contributed by atoms with Crippen molar-refractivity contribution in [2.24, 2.45) is 4.99 Å². The number of rotatable bonds is 6. The highest BCUT2D eigenvalue weighted by atomic mass is 32.2. The lowest BCUT2D eigenvalue weighted by Gasteiger charge is -2.12. The van der Waals surface area contributed by atoms with Gasteiger partial charge in [0.25, 0.3) is 15.9 Å². The van der Waals surface area contributed by atoms with Gasteiger partial charge < -0.3 is 14.8 Å². The maximum absolute atomic E-state index is 12.1. The lowest BCUT2D eigenvalue weighted by molar-refractivity contribution is -0.149. The summed E-state index contributed by atoms with van der Waals surface area (Å²) in [7, 11) is -3.68. The van der Waals surface area contributed by atoms with Gasteiger partial charge in [0.05, 0.1) is 11.0 Å². The number of carbonyl (C=O) groups excluding carboxylic acids is 2. The van der Waals surface area contributed by atoms with Crippen LogP contribution in [0.4, 0.5) is 0 Å². The summed E-state index contributed by atoms with van der Waals surface area (Å²) in [6, 6.07) is 5.37. The van der Waals surface area contributed by atoms with Gasteiger partial charge in [-0.1, -0.05) is 12.1 Å². The zero-order valence-corrected chi connectivity index (χ0v) is 15.6. The van der Waals surface area contributed by atoms with E-state index in [1.54, 1.807) is 18.2 Å². The maximum Gasteiger partial charge on any atom is 0.331 e. The van der Waals surface area contributed by atoms with Crippen molar-refractivity contribution in [2.75, 3.05) is 19.8 Å². The maximum atomic E-state index is 12.1.